The maximum absolute atomic E-state index is 12.5. The van der Waals surface area contributed by atoms with Crippen molar-refractivity contribution < 1.29 is 13.2 Å². The molecule has 0 aromatic rings. The fourth-order valence-electron chi connectivity index (χ4n) is 2.77. The number of nitrogens with zero attached hydrogens (tertiary/aromatic N) is 1. The van der Waals surface area contributed by atoms with Gasteiger partial charge in [0.05, 0.1) is 0 Å². The van der Waals surface area contributed by atoms with E-state index in [1.54, 1.807) is 0 Å². The Labute approximate surface area is 106 Å². The fourth-order valence-corrected chi connectivity index (χ4v) is 2.77. The zero-order chi connectivity index (χ0) is 13.2. The Bertz CT molecular complexity index is 312. The van der Waals surface area contributed by atoms with Crippen molar-refractivity contribution in [1.82, 2.24) is 10.2 Å². The lowest BCUT2D eigenvalue weighted by molar-refractivity contribution is -0.0961. The first-order valence-corrected chi connectivity index (χ1v) is 6.69. The second kappa shape index (κ2) is 5.61. The predicted molar refractivity (Wildman–Crippen MR) is 65.4 cm³/mol. The van der Waals surface area contributed by atoms with Crippen LogP contribution in [0.15, 0.2) is 11.6 Å². The number of rotatable bonds is 2. The van der Waals surface area contributed by atoms with Crippen molar-refractivity contribution in [3.8, 4) is 0 Å². The summed E-state index contributed by atoms with van der Waals surface area (Å²) in [5.41, 5.74) is -0.358. The summed E-state index contributed by atoms with van der Waals surface area (Å²) < 4.78 is 37.5. The summed E-state index contributed by atoms with van der Waals surface area (Å²) in [5, 5.41) is 3.47. The Morgan fingerprint density at radius 1 is 1.44 bits per heavy atom. The second-order valence-corrected chi connectivity index (χ2v) is 5.42. The molecule has 18 heavy (non-hydrogen) atoms. The molecule has 2 rings (SSSR count). The van der Waals surface area contributed by atoms with Gasteiger partial charge in [-0.05, 0) is 31.7 Å². The minimum absolute atomic E-state index is 0.130. The molecule has 0 aromatic heterocycles. The zero-order valence-corrected chi connectivity index (χ0v) is 10.8. The van der Waals surface area contributed by atoms with Gasteiger partial charge in [-0.1, -0.05) is 13.0 Å². The van der Waals surface area contributed by atoms with Crippen molar-refractivity contribution in [2.45, 2.75) is 38.4 Å². The van der Waals surface area contributed by atoms with E-state index in [1.165, 1.54) is 18.9 Å². The van der Waals surface area contributed by atoms with Gasteiger partial charge in [-0.25, -0.2) is 0 Å². The first-order valence-electron chi connectivity index (χ1n) is 6.69. The third-order valence-electron chi connectivity index (χ3n) is 4.04. The van der Waals surface area contributed by atoms with Crippen LogP contribution in [0.4, 0.5) is 13.2 Å². The van der Waals surface area contributed by atoms with E-state index in [4.69, 9.17) is 0 Å². The quantitative estimate of drug-likeness (QED) is 0.769. The number of nitrogens with one attached hydrogen (secondary N) is 1. The monoisotopic (exact) mass is 262 g/mol. The minimum atomic E-state index is -4.14. The van der Waals surface area contributed by atoms with Gasteiger partial charge in [0.2, 0.25) is 0 Å². The van der Waals surface area contributed by atoms with Gasteiger partial charge < -0.3 is 5.32 Å². The molecule has 0 saturated carbocycles. The molecule has 2 unspecified atom stereocenters. The van der Waals surface area contributed by atoms with Crippen LogP contribution in [0.3, 0.4) is 0 Å². The van der Waals surface area contributed by atoms with Crippen LogP contribution in [0.1, 0.15) is 26.2 Å². The van der Waals surface area contributed by atoms with Crippen LogP contribution in [-0.4, -0.2) is 43.3 Å². The molecule has 2 atom stereocenters. The second-order valence-electron chi connectivity index (χ2n) is 5.42. The molecule has 0 spiro atoms. The van der Waals surface area contributed by atoms with Gasteiger partial charge in [-0.3, -0.25) is 4.90 Å². The van der Waals surface area contributed by atoms with E-state index in [0.29, 0.717) is 25.0 Å². The van der Waals surface area contributed by atoms with Crippen LogP contribution in [-0.2, 0) is 0 Å². The fraction of sp³-hybridized carbons (Fsp3) is 0.846. The van der Waals surface area contributed by atoms with Crippen molar-refractivity contribution in [3.05, 3.63) is 11.6 Å². The van der Waals surface area contributed by atoms with Gasteiger partial charge in [0.1, 0.15) is 0 Å². The van der Waals surface area contributed by atoms with E-state index in [1.807, 2.05) is 0 Å². The summed E-state index contributed by atoms with van der Waals surface area (Å²) in [6, 6.07) is 0.430. The third kappa shape index (κ3) is 3.48. The van der Waals surface area contributed by atoms with Crippen molar-refractivity contribution in [3.63, 3.8) is 0 Å². The lowest BCUT2D eigenvalue weighted by atomic mass is 9.92. The van der Waals surface area contributed by atoms with Gasteiger partial charge in [0, 0.05) is 31.2 Å². The molecule has 5 heteroatoms. The van der Waals surface area contributed by atoms with Crippen molar-refractivity contribution in [1.29, 1.82) is 0 Å². The number of piperidine rings is 1. The molecule has 2 nitrogen and oxygen atoms in total. The molecule has 0 radical (unpaired) electrons. The molecule has 2 heterocycles. The van der Waals surface area contributed by atoms with E-state index >= 15 is 0 Å². The summed E-state index contributed by atoms with van der Waals surface area (Å²) in [4.78, 5) is 2.12. The molecule has 2 aliphatic rings. The lowest BCUT2D eigenvalue weighted by Crippen LogP contribution is -2.49. The topological polar surface area (TPSA) is 15.3 Å². The molecule has 0 aliphatic carbocycles. The van der Waals surface area contributed by atoms with Gasteiger partial charge in [-0.2, -0.15) is 13.2 Å². The Kier molecular flexibility index (Phi) is 4.33. The molecule has 0 amide bonds. The van der Waals surface area contributed by atoms with Gasteiger partial charge in [-0.15, -0.1) is 0 Å². The maximum atomic E-state index is 12.5. The predicted octanol–water partition coefficient (Wildman–Crippen LogP) is 2.57. The Hall–Kier alpha value is -0.550. The number of alkyl halides is 3. The van der Waals surface area contributed by atoms with Crippen LogP contribution in [0, 0.1) is 5.92 Å². The van der Waals surface area contributed by atoms with Crippen LogP contribution in [0.25, 0.3) is 0 Å². The summed E-state index contributed by atoms with van der Waals surface area (Å²) in [5.74, 6) is 0.617. The van der Waals surface area contributed by atoms with Gasteiger partial charge in [0.15, 0.2) is 0 Å². The summed E-state index contributed by atoms with van der Waals surface area (Å²) in [6.07, 6.45) is -0.241. The number of halogens is 3. The van der Waals surface area contributed by atoms with Crippen LogP contribution >= 0.6 is 0 Å². The highest BCUT2D eigenvalue weighted by Crippen LogP contribution is 2.30. The SMILES string of the molecule is CC1CCCNC1CN1CC=C(C(F)(F)F)CC1. The molecule has 1 N–H and O–H groups in total. The van der Waals surface area contributed by atoms with E-state index in [2.05, 4.69) is 17.1 Å². The Morgan fingerprint density at radius 2 is 2.22 bits per heavy atom. The van der Waals surface area contributed by atoms with E-state index in [0.717, 1.165) is 13.1 Å². The van der Waals surface area contributed by atoms with Crippen LogP contribution in [0.5, 0.6) is 0 Å². The first kappa shape index (κ1) is 13.9. The summed E-state index contributed by atoms with van der Waals surface area (Å²) in [6.45, 7) is 5.07. The summed E-state index contributed by atoms with van der Waals surface area (Å²) in [7, 11) is 0. The van der Waals surface area contributed by atoms with E-state index in [-0.39, 0.29) is 12.0 Å². The maximum Gasteiger partial charge on any atom is 0.412 e. The van der Waals surface area contributed by atoms with Crippen molar-refractivity contribution in [2.75, 3.05) is 26.2 Å². The van der Waals surface area contributed by atoms with Crippen LogP contribution < -0.4 is 5.32 Å². The highest BCUT2D eigenvalue weighted by Gasteiger charge is 2.35. The molecule has 2 aliphatic heterocycles. The minimum Gasteiger partial charge on any atom is -0.312 e. The molecule has 0 bridgehead atoms. The highest BCUT2D eigenvalue weighted by molar-refractivity contribution is 5.13. The average Bonchev–Trinajstić information content (AvgIpc) is 2.32. The molecular formula is C13H21F3N2. The normalized spacial score (nSPS) is 31.2. The first-order chi connectivity index (χ1) is 8.47. The standard InChI is InChI=1S/C13H21F3N2/c1-10-3-2-6-17-12(10)9-18-7-4-11(5-8-18)13(14,15)16/h4,10,12,17H,2-3,5-9H2,1H3. The Balaban J connectivity index is 1.84. The third-order valence-corrected chi connectivity index (χ3v) is 4.04. The van der Waals surface area contributed by atoms with E-state index < -0.39 is 6.18 Å². The molecule has 1 saturated heterocycles. The number of hydrogen-bond acceptors (Lipinski definition) is 2. The van der Waals surface area contributed by atoms with Crippen molar-refractivity contribution in [2.24, 2.45) is 5.92 Å². The summed E-state index contributed by atoms with van der Waals surface area (Å²) >= 11 is 0. The van der Waals surface area contributed by atoms with Crippen LogP contribution in [0.2, 0.25) is 0 Å². The highest BCUT2D eigenvalue weighted by atomic mass is 19.4. The van der Waals surface area contributed by atoms with Gasteiger partial charge >= 0.3 is 6.18 Å². The smallest absolute Gasteiger partial charge is 0.312 e. The molecule has 0 aromatic carbocycles. The molecule has 1 fully saturated rings. The number of hydrogen-bond donors (Lipinski definition) is 1. The van der Waals surface area contributed by atoms with Gasteiger partial charge in [0.25, 0.3) is 0 Å². The molecule has 104 valence electrons. The Morgan fingerprint density at radius 3 is 2.78 bits per heavy atom. The lowest BCUT2D eigenvalue weighted by Gasteiger charge is -2.36. The molecular weight excluding hydrogens is 241 g/mol. The van der Waals surface area contributed by atoms with Crippen molar-refractivity contribution >= 4 is 0 Å². The average molecular weight is 262 g/mol. The largest absolute Gasteiger partial charge is 0.412 e. The van der Waals surface area contributed by atoms with E-state index in [9.17, 15) is 13.2 Å². The zero-order valence-electron chi connectivity index (χ0n) is 10.8.